The normalized spacial score (nSPS) is 18.0. The zero-order valence-electron chi connectivity index (χ0n) is 11.7. The first-order valence-corrected chi connectivity index (χ1v) is 6.80. The summed E-state index contributed by atoms with van der Waals surface area (Å²) in [6.45, 7) is 14.4. The van der Waals surface area contributed by atoms with Gasteiger partial charge in [0.15, 0.2) is 0 Å². The number of hydrogen-bond acceptors (Lipinski definition) is 3. The summed E-state index contributed by atoms with van der Waals surface area (Å²) in [6.07, 6.45) is 2.65. The van der Waals surface area contributed by atoms with Crippen LogP contribution in [0.25, 0.3) is 0 Å². The number of ether oxygens (including phenoxy) is 1. The number of methoxy groups -OCH3 is 1. The molecule has 0 bridgehead atoms. The zero-order chi connectivity index (χ0) is 12.2. The first kappa shape index (κ1) is 15.9. The highest BCUT2D eigenvalue weighted by molar-refractivity contribution is 4.71. The lowest BCUT2D eigenvalue weighted by Crippen LogP contribution is -2.47. The maximum absolute atomic E-state index is 5.08. The number of nitrogens with zero attached hydrogens (tertiary/aromatic N) is 2. The highest BCUT2D eigenvalue weighted by atomic mass is 16.5. The summed E-state index contributed by atoms with van der Waals surface area (Å²) in [5.74, 6) is 0. The van der Waals surface area contributed by atoms with Crippen LogP contribution in [0.4, 0.5) is 0 Å². The summed E-state index contributed by atoms with van der Waals surface area (Å²) in [7, 11) is 1.78. The minimum absolute atomic E-state index is 0.870. The standard InChI is InChI=1S/C11H24N2O.C2H6/c1-3-4-5-12-6-8-13(9-7-12)10-11-14-2;1-2/h3-11H2,1-2H3;1-2H3. The molecular formula is C13H30N2O. The Morgan fingerprint density at radius 3 is 1.88 bits per heavy atom. The van der Waals surface area contributed by atoms with Crippen LogP contribution < -0.4 is 0 Å². The van der Waals surface area contributed by atoms with Gasteiger partial charge in [-0.3, -0.25) is 4.90 Å². The van der Waals surface area contributed by atoms with E-state index < -0.39 is 0 Å². The highest BCUT2D eigenvalue weighted by Gasteiger charge is 2.15. The van der Waals surface area contributed by atoms with Gasteiger partial charge in [0, 0.05) is 39.8 Å². The maximum atomic E-state index is 5.08. The predicted octanol–water partition coefficient (Wildman–Crippen LogP) is 2.08. The van der Waals surface area contributed by atoms with Gasteiger partial charge in [-0.1, -0.05) is 27.2 Å². The molecule has 1 aliphatic rings. The number of rotatable bonds is 6. The topological polar surface area (TPSA) is 15.7 Å². The molecule has 0 aromatic heterocycles. The van der Waals surface area contributed by atoms with E-state index in [1.54, 1.807) is 7.11 Å². The maximum Gasteiger partial charge on any atom is 0.0589 e. The van der Waals surface area contributed by atoms with E-state index in [0.717, 1.165) is 13.2 Å². The molecule has 0 saturated carbocycles. The molecule has 0 spiro atoms. The van der Waals surface area contributed by atoms with Crippen molar-refractivity contribution in [3.8, 4) is 0 Å². The molecule has 0 N–H and O–H groups in total. The first-order chi connectivity index (χ1) is 7.86. The predicted molar refractivity (Wildman–Crippen MR) is 71.0 cm³/mol. The Hall–Kier alpha value is -0.120. The molecule has 3 nitrogen and oxygen atoms in total. The molecule has 0 unspecified atom stereocenters. The molecule has 1 aliphatic heterocycles. The molecule has 0 amide bonds. The molecule has 0 radical (unpaired) electrons. The molecule has 0 aromatic carbocycles. The van der Waals surface area contributed by atoms with Crippen molar-refractivity contribution in [2.24, 2.45) is 0 Å². The molecule has 1 rings (SSSR count). The van der Waals surface area contributed by atoms with E-state index in [1.165, 1.54) is 45.6 Å². The summed E-state index contributed by atoms with van der Waals surface area (Å²) in [4.78, 5) is 5.07. The molecule has 0 atom stereocenters. The van der Waals surface area contributed by atoms with Crippen molar-refractivity contribution < 1.29 is 4.74 Å². The van der Waals surface area contributed by atoms with Gasteiger partial charge in [-0.25, -0.2) is 0 Å². The lowest BCUT2D eigenvalue weighted by Gasteiger charge is -2.34. The van der Waals surface area contributed by atoms with E-state index >= 15 is 0 Å². The molecule has 3 heteroatoms. The molecule has 1 fully saturated rings. The summed E-state index contributed by atoms with van der Waals surface area (Å²) >= 11 is 0. The molecule has 0 aliphatic carbocycles. The summed E-state index contributed by atoms with van der Waals surface area (Å²) < 4.78 is 5.08. The zero-order valence-corrected chi connectivity index (χ0v) is 11.7. The molecular weight excluding hydrogens is 200 g/mol. The molecule has 16 heavy (non-hydrogen) atoms. The molecule has 1 saturated heterocycles. The van der Waals surface area contributed by atoms with Crippen molar-refractivity contribution >= 4 is 0 Å². The Balaban J connectivity index is 0.00000106. The SMILES string of the molecule is CC.CCCCN1CCN(CCOC)CC1. The van der Waals surface area contributed by atoms with Crippen LogP contribution in [0.1, 0.15) is 33.6 Å². The Morgan fingerprint density at radius 1 is 0.938 bits per heavy atom. The van der Waals surface area contributed by atoms with Gasteiger partial charge in [0.1, 0.15) is 0 Å². The lowest BCUT2D eigenvalue weighted by atomic mass is 10.2. The van der Waals surface area contributed by atoms with Crippen molar-refractivity contribution in [1.29, 1.82) is 0 Å². The van der Waals surface area contributed by atoms with Crippen LogP contribution >= 0.6 is 0 Å². The monoisotopic (exact) mass is 230 g/mol. The van der Waals surface area contributed by atoms with Gasteiger partial charge in [-0.05, 0) is 13.0 Å². The second-order valence-corrected chi connectivity index (χ2v) is 4.03. The number of unbranched alkanes of at least 4 members (excludes halogenated alkanes) is 1. The quantitative estimate of drug-likeness (QED) is 0.695. The van der Waals surface area contributed by atoms with Gasteiger partial charge < -0.3 is 9.64 Å². The molecule has 1 heterocycles. The third kappa shape index (κ3) is 7.20. The third-order valence-electron chi connectivity index (χ3n) is 2.90. The van der Waals surface area contributed by atoms with Gasteiger partial charge in [0.25, 0.3) is 0 Å². The minimum Gasteiger partial charge on any atom is -0.383 e. The van der Waals surface area contributed by atoms with E-state index in [1.807, 2.05) is 13.8 Å². The van der Waals surface area contributed by atoms with Crippen LogP contribution in [-0.2, 0) is 4.74 Å². The van der Waals surface area contributed by atoms with E-state index in [-0.39, 0.29) is 0 Å². The van der Waals surface area contributed by atoms with E-state index in [4.69, 9.17) is 4.74 Å². The van der Waals surface area contributed by atoms with Crippen molar-refractivity contribution in [3.05, 3.63) is 0 Å². The first-order valence-electron chi connectivity index (χ1n) is 6.80. The summed E-state index contributed by atoms with van der Waals surface area (Å²) in [5.41, 5.74) is 0. The van der Waals surface area contributed by atoms with Crippen molar-refractivity contribution in [2.75, 3.05) is 53.0 Å². The average Bonchev–Trinajstić information content (AvgIpc) is 2.37. The fourth-order valence-electron chi connectivity index (χ4n) is 1.84. The Kier molecular flexibility index (Phi) is 11.3. The minimum atomic E-state index is 0.870. The fourth-order valence-corrected chi connectivity index (χ4v) is 1.84. The average molecular weight is 230 g/mol. The van der Waals surface area contributed by atoms with Gasteiger partial charge in [-0.2, -0.15) is 0 Å². The Morgan fingerprint density at radius 2 is 1.44 bits per heavy atom. The number of hydrogen-bond donors (Lipinski definition) is 0. The van der Waals surface area contributed by atoms with Crippen LogP contribution in [-0.4, -0.2) is 62.8 Å². The Bertz CT molecular complexity index is 118. The van der Waals surface area contributed by atoms with Crippen molar-refractivity contribution in [2.45, 2.75) is 33.6 Å². The fraction of sp³-hybridized carbons (Fsp3) is 1.00. The van der Waals surface area contributed by atoms with Gasteiger partial charge in [0.2, 0.25) is 0 Å². The van der Waals surface area contributed by atoms with Crippen LogP contribution in [0.3, 0.4) is 0 Å². The second-order valence-electron chi connectivity index (χ2n) is 4.03. The van der Waals surface area contributed by atoms with Crippen molar-refractivity contribution in [1.82, 2.24) is 9.80 Å². The van der Waals surface area contributed by atoms with Gasteiger partial charge >= 0.3 is 0 Å². The third-order valence-corrected chi connectivity index (χ3v) is 2.90. The van der Waals surface area contributed by atoms with Crippen LogP contribution in [0.2, 0.25) is 0 Å². The Labute approximate surface area is 102 Å². The van der Waals surface area contributed by atoms with E-state index in [0.29, 0.717) is 0 Å². The largest absolute Gasteiger partial charge is 0.383 e. The van der Waals surface area contributed by atoms with Gasteiger partial charge in [-0.15, -0.1) is 0 Å². The second kappa shape index (κ2) is 11.4. The van der Waals surface area contributed by atoms with Crippen LogP contribution in [0.15, 0.2) is 0 Å². The van der Waals surface area contributed by atoms with Crippen molar-refractivity contribution in [3.63, 3.8) is 0 Å². The van der Waals surface area contributed by atoms with Gasteiger partial charge in [0.05, 0.1) is 6.61 Å². The lowest BCUT2D eigenvalue weighted by molar-refractivity contribution is 0.0964. The smallest absolute Gasteiger partial charge is 0.0589 e. The highest BCUT2D eigenvalue weighted by Crippen LogP contribution is 2.02. The molecule has 98 valence electrons. The van der Waals surface area contributed by atoms with Crippen LogP contribution in [0, 0.1) is 0 Å². The van der Waals surface area contributed by atoms with Crippen LogP contribution in [0.5, 0.6) is 0 Å². The van der Waals surface area contributed by atoms with E-state index in [2.05, 4.69) is 16.7 Å². The number of piperazine rings is 1. The van der Waals surface area contributed by atoms with E-state index in [9.17, 15) is 0 Å². The molecule has 0 aromatic rings. The summed E-state index contributed by atoms with van der Waals surface area (Å²) in [5, 5.41) is 0. The summed E-state index contributed by atoms with van der Waals surface area (Å²) in [6, 6.07) is 0.